The van der Waals surface area contributed by atoms with Crippen molar-refractivity contribution in [3.05, 3.63) is 29.8 Å². The Labute approximate surface area is 169 Å². The summed E-state index contributed by atoms with van der Waals surface area (Å²) in [5.41, 5.74) is 1.02. The van der Waals surface area contributed by atoms with E-state index in [1.165, 1.54) is 43.9 Å². The van der Waals surface area contributed by atoms with E-state index in [1.807, 2.05) is 24.3 Å². The summed E-state index contributed by atoms with van der Waals surface area (Å²) in [5, 5.41) is 12.7. The predicted octanol–water partition coefficient (Wildman–Crippen LogP) is 3.02. The first-order chi connectivity index (χ1) is 13.7. The van der Waals surface area contributed by atoms with Crippen LogP contribution in [0.1, 0.15) is 43.7 Å². The van der Waals surface area contributed by atoms with Gasteiger partial charge in [0, 0.05) is 25.7 Å². The highest BCUT2D eigenvalue weighted by molar-refractivity contribution is 7.99. The normalized spacial score (nSPS) is 16.8. The van der Waals surface area contributed by atoms with Gasteiger partial charge >= 0.3 is 0 Å². The number of benzene rings is 1. The van der Waals surface area contributed by atoms with E-state index in [2.05, 4.69) is 25.0 Å². The molecule has 1 aromatic carbocycles. The second-order valence-corrected chi connectivity index (χ2v) is 8.29. The largest absolute Gasteiger partial charge is 0.497 e. The van der Waals surface area contributed by atoms with Crippen molar-refractivity contribution in [1.82, 2.24) is 20.1 Å². The highest BCUT2D eigenvalue weighted by Gasteiger charge is 2.32. The molecular weight excluding hydrogens is 374 g/mol. The van der Waals surface area contributed by atoms with Crippen molar-refractivity contribution in [2.24, 2.45) is 0 Å². The molecule has 2 fully saturated rings. The minimum atomic E-state index is -0.00214. The van der Waals surface area contributed by atoms with Crippen molar-refractivity contribution in [1.29, 1.82) is 0 Å². The third-order valence-electron chi connectivity index (χ3n) is 5.15. The summed E-state index contributed by atoms with van der Waals surface area (Å²) in [4.78, 5) is 14.7. The third-order valence-corrected chi connectivity index (χ3v) is 6.10. The lowest BCUT2D eigenvalue weighted by Gasteiger charge is -2.27. The van der Waals surface area contributed by atoms with Crippen molar-refractivity contribution >= 4 is 23.6 Å². The third kappa shape index (κ3) is 4.60. The molecule has 2 aliphatic rings. The van der Waals surface area contributed by atoms with Gasteiger partial charge in [-0.2, -0.15) is 0 Å². The quantitative estimate of drug-likeness (QED) is 0.686. The minimum absolute atomic E-state index is 0.00214. The maximum absolute atomic E-state index is 12.3. The van der Waals surface area contributed by atoms with Crippen molar-refractivity contribution in [3.63, 3.8) is 0 Å². The molecule has 2 heterocycles. The van der Waals surface area contributed by atoms with Gasteiger partial charge in [0.1, 0.15) is 5.75 Å². The Morgan fingerprint density at radius 2 is 2.07 bits per heavy atom. The number of anilines is 1. The average Bonchev–Trinajstić information content (AvgIpc) is 3.50. The number of thioether (sulfide) groups is 1. The molecule has 0 spiro atoms. The Hall–Kier alpha value is -2.22. The maximum Gasteiger partial charge on any atom is 0.230 e. The number of rotatable bonds is 8. The van der Waals surface area contributed by atoms with Crippen LogP contribution in [-0.4, -0.2) is 46.6 Å². The lowest BCUT2D eigenvalue weighted by atomic mass is 10.1. The van der Waals surface area contributed by atoms with E-state index in [-0.39, 0.29) is 5.91 Å². The van der Waals surface area contributed by atoms with Crippen LogP contribution in [0, 0.1) is 0 Å². The van der Waals surface area contributed by atoms with Crippen LogP contribution in [0.3, 0.4) is 0 Å². The molecule has 0 radical (unpaired) electrons. The second-order valence-electron chi connectivity index (χ2n) is 7.35. The summed E-state index contributed by atoms with van der Waals surface area (Å²) in [5.74, 6) is 2.12. The number of hydrogen-bond acceptors (Lipinski definition) is 6. The highest BCUT2D eigenvalue weighted by Crippen LogP contribution is 2.41. The first kappa shape index (κ1) is 19.1. The van der Waals surface area contributed by atoms with Crippen LogP contribution in [0.25, 0.3) is 0 Å². The van der Waals surface area contributed by atoms with Gasteiger partial charge in [-0.3, -0.25) is 9.36 Å². The van der Waals surface area contributed by atoms with E-state index in [9.17, 15) is 4.79 Å². The van der Waals surface area contributed by atoms with Gasteiger partial charge in [-0.25, -0.2) is 0 Å². The molecule has 150 valence electrons. The number of amides is 1. The van der Waals surface area contributed by atoms with Crippen molar-refractivity contribution in [2.75, 3.05) is 30.9 Å². The molecular formula is C20H27N5O2S. The van der Waals surface area contributed by atoms with E-state index >= 15 is 0 Å². The van der Waals surface area contributed by atoms with E-state index in [1.54, 1.807) is 7.11 Å². The van der Waals surface area contributed by atoms with Crippen molar-refractivity contribution in [3.8, 4) is 5.75 Å². The van der Waals surface area contributed by atoms with Gasteiger partial charge in [0.05, 0.1) is 12.9 Å². The van der Waals surface area contributed by atoms with Crippen LogP contribution in [-0.2, 0) is 11.3 Å². The fraction of sp³-hybridized carbons (Fsp3) is 0.550. The van der Waals surface area contributed by atoms with E-state index in [4.69, 9.17) is 4.74 Å². The van der Waals surface area contributed by atoms with Crippen molar-refractivity contribution in [2.45, 2.75) is 49.8 Å². The number of piperidine rings is 1. The SMILES string of the molecule is COc1cccc(CNC(=O)CSc2nnc(N3CCCCC3)n2C2CC2)c1. The van der Waals surface area contributed by atoms with Gasteiger partial charge in [0.2, 0.25) is 11.9 Å². The van der Waals surface area contributed by atoms with Gasteiger partial charge in [-0.15, -0.1) is 10.2 Å². The molecule has 1 N–H and O–H groups in total. The van der Waals surface area contributed by atoms with Gasteiger partial charge < -0.3 is 15.0 Å². The summed E-state index contributed by atoms with van der Waals surface area (Å²) in [7, 11) is 1.64. The van der Waals surface area contributed by atoms with Gasteiger partial charge in [0.15, 0.2) is 5.16 Å². The van der Waals surface area contributed by atoms with Crippen LogP contribution >= 0.6 is 11.8 Å². The molecule has 4 rings (SSSR count). The zero-order valence-corrected chi connectivity index (χ0v) is 17.1. The summed E-state index contributed by atoms with van der Waals surface area (Å²) >= 11 is 1.48. The molecule has 1 saturated carbocycles. The van der Waals surface area contributed by atoms with Gasteiger partial charge in [-0.05, 0) is 49.8 Å². The monoisotopic (exact) mass is 401 g/mol. The number of hydrogen-bond donors (Lipinski definition) is 1. The van der Waals surface area contributed by atoms with Crippen LogP contribution in [0.4, 0.5) is 5.95 Å². The molecule has 1 amide bonds. The Kier molecular flexibility index (Phi) is 6.04. The first-order valence-corrected chi connectivity index (χ1v) is 11.0. The van der Waals surface area contributed by atoms with Crippen LogP contribution < -0.4 is 15.0 Å². The number of ether oxygens (including phenoxy) is 1. The zero-order valence-electron chi connectivity index (χ0n) is 16.3. The molecule has 7 nitrogen and oxygen atoms in total. The Bertz CT molecular complexity index is 815. The zero-order chi connectivity index (χ0) is 19.3. The maximum atomic E-state index is 12.3. The fourth-order valence-electron chi connectivity index (χ4n) is 3.49. The summed E-state index contributed by atoms with van der Waals surface area (Å²) in [6, 6.07) is 8.22. The lowest BCUT2D eigenvalue weighted by Crippen LogP contribution is -2.32. The number of aromatic nitrogens is 3. The summed E-state index contributed by atoms with van der Waals surface area (Å²) in [6.45, 7) is 2.60. The molecule has 8 heteroatoms. The molecule has 28 heavy (non-hydrogen) atoms. The number of carbonyl (C=O) groups excluding carboxylic acids is 1. The van der Waals surface area contributed by atoms with Crippen molar-refractivity contribution < 1.29 is 9.53 Å². The van der Waals surface area contributed by atoms with E-state index in [0.717, 1.165) is 35.5 Å². The van der Waals surface area contributed by atoms with Gasteiger partial charge in [0.25, 0.3) is 0 Å². The number of carbonyl (C=O) groups is 1. The summed E-state index contributed by atoms with van der Waals surface area (Å²) < 4.78 is 7.48. The second kappa shape index (κ2) is 8.86. The Morgan fingerprint density at radius 1 is 1.25 bits per heavy atom. The number of nitrogens with one attached hydrogen (secondary N) is 1. The topological polar surface area (TPSA) is 72.3 Å². The smallest absolute Gasteiger partial charge is 0.230 e. The molecule has 1 aromatic heterocycles. The van der Waals surface area contributed by atoms with E-state index < -0.39 is 0 Å². The molecule has 1 aliphatic heterocycles. The standard InChI is InChI=1S/C20H27N5O2S/c1-27-17-7-5-6-15(12-17)13-21-18(26)14-28-20-23-22-19(25(20)16-8-9-16)24-10-3-2-4-11-24/h5-7,12,16H,2-4,8-11,13-14H2,1H3,(H,21,26). The molecule has 2 aromatic rings. The molecule has 0 unspecified atom stereocenters. The first-order valence-electron chi connectivity index (χ1n) is 9.97. The molecule has 0 atom stereocenters. The fourth-order valence-corrected chi connectivity index (χ4v) is 4.32. The Balaban J connectivity index is 1.34. The molecule has 1 aliphatic carbocycles. The lowest BCUT2D eigenvalue weighted by molar-refractivity contribution is -0.118. The van der Waals surface area contributed by atoms with Crippen LogP contribution in [0.2, 0.25) is 0 Å². The molecule has 0 bridgehead atoms. The highest BCUT2D eigenvalue weighted by atomic mass is 32.2. The van der Waals surface area contributed by atoms with E-state index in [0.29, 0.717) is 18.3 Å². The Morgan fingerprint density at radius 3 is 2.82 bits per heavy atom. The van der Waals surface area contributed by atoms with Crippen LogP contribution in [0.15, 0.2) is 29.4 Å². The minimum Gasteiger partial charge on any atom is -0.497 e. The number of methoxy groups -OCH3 is 1. The van der Waals surface area contributed by atoms with Crippen LogP contribution in [0.5, 0.6) is 5.75 Å². The molecule has 1 saturated heterocycles. The average molecular weight is 402 g/mol. The number of nitrogens with zero attached hydrogens (tertiary/aromatic N) is 4. The predicted molar refractivity (Wildman–Crippen MR) is 110 cm³/mol. The summed E-state index contributed by atoms with van der Waals surface area (Å²) in [6.07, 6.45) is 6.07. The van der Waals surface area contributed by atoms with Gasteiger partial charge in [-0.1, -0.05) is 23.9 Å².